The monoisotopic (exact) mass is 219 g/mol. The van der Waals surface area contributed by atoms with Crippen molar-refractivity contribution in [2.24, 2.45) is 11.3 Å². The Morgan fingerprint density at radius 1 is 1.36 bits per heavy atom. The van der Waals surface area contributed by atoms with Gasteiger partial charge in [-0.05, 0) is 31.2 Å². The van der Waals surface area contributed by atoms with E-state index >= 15 is 0 Å². The Kier molecular flexibility index (Phi) is 5.68. The molecule has 1 aliphatic rings. The number of carbonyl (C=O) groups is 1. The summed E-state index contributed by atoms with van der Waals surface area (Å²) in [6, 6.07) is 0. The van der Waals surface area contributed by atoms with Gasteiger partial charge >= 0.3 is 0 Å². The SMILES string of the molecule is CNCC(C)(C)C1CCC(=O)CC1.Cl. The molecule has 0 aromatic carbocycles. The molecule has 0 radical (unpaired) electrons. The van der Waals surface area contributed by atoms with Crippen LogP contribution in [0.4, 0.5) is 0 Å². The molecule has 1 N–H and O–H groups in total. The maximum absolute atomic E-state index is 11.1. The predicted octanol–water partition coefficient (Wildman–Crippen LogP) is 2.41. The van der Waals surface area contributed by atoms with Gasteiger partial charge in [0, 0.05) is 19.4 Å². The van der Waals surface area contributed by atoms with E-state index in [2.05, 4.69) is 19.2 Å². The Balaban J connectivity index is 0.00000169. The summed E-state index contributed by atoms with van der Waals surface area (Å²) in [6.45, 7) is 5.64. The quantitative estimate of drug-likeness (QED) is 0.790. The van der Waals surface area contributed by atoms with Crippen molar-refractivity contribution in [3.63, 3.8) is 0 Å². The topological polar surface area (TPSA) is 29.1 Å². The molecule has 84 valence electrons. The predicted molar refractivity (Wildman–Crippen MR) is 61.9 cm³/mol. The van der Waals surface area contributed by atoms with E-state index in [1.807, 2.05) is 7.05 Å². The van der Waals surface area contributed by atoms with Crippen LogP contribution in [0.5, 0.6) is 0 Å². The molecule has 1 fully saturated rings. The van der Waals surface area contributed by atoms with Crippen LogP contribution in [0.3, 0.4) is 0 Å². The molecular weight excluding hydrogens is 198 g/mol. The molecule has 0 spiro atoms. The fourth-order valence-electron chi connectivity index (χ4n) is 2.32. The minimum Gasteiger partial charge on any atom is -0.319 e. The molecule has 0 aliphatic heterocycles. The maximum atomic E-state index is 11.1. The molecule has 1 saturated carbocycles. The lowest BCUT2D eigenvalue weighted by Crippen LogP contribution is -2.36. The van der Waals surface area contributed by atoms with Crippen LogP contribution in [0.25, 0.3) is 0 Å². The first-order valence-corrected chi connectivity index (χ1v) is 5.22. The molecule has 1 rings (SSSR count). The van der Waals surface area contributed by atoms with Gasteiger partial charge in [-0.25, -0.2) is 0 Å². The van der Waals surface area contributed by atoms with Crippen molar-refractivity contribution in [2.75, 3.05) is 13.6 Å². The number of hydrogen-bond donors (Lipinski definition) is 1. The largest absolute Gasteiger partial charge is 0.319 e. The fraction of sp³-hybridized carbons (Fsp3) is 0.909. The summed E-state index contributed by atoms with van der Waals surface area (Å²) in [6.07, 6.45) is 3.79. The van der Waals surface area contributed by atoms with Crippen LogP contribution >= 0.6 is 12.4 Å². The van der Waals surface area contributed by atoms with E-state index in [0.29, 0.717) is 11.2 Å². The van der Waals surface area contributed by atoms with Crippen LogP contribution in [0.15, 0.2) is 0 Å². The van der Waals surface area contributed by atoms with Gasteiger partial charge in [0.1, 0.15) is 5.78 Å². The number of nitrogens with one attached hydrogen (secondary N) is 1. The van der Waals surface area contributed by atoms with Gasteiger partial charge in [-0.3, -0.25) is 4.79 Å². The number of ketones is 1. The summed E-state index contributed by atoms with van der Waals surface area (Å²) in [5.41, 5.74) is 0.343. The zero-order chi connectivity index (χ0) is 9.90. The smallest absolute Gasteiger partial charge is 0.132 e. The summed E-state index contributed by atoms with van der Waals surface area (Å²) < 4.78 is 0. The summed E-state index contributed by atoms with van der Waals surface area (Å²) in [4.78, 5) is 11.1. The second-order valence-electron chi connectivity index (χ2n) is 4.83. The molecule has 0 atom stereocenters. The van der Waals surface area contributed by atoms with Crippen LogP contribution in [-0.4, -0.2) is 19.4 Å². The lowest BCUT2D eigenvalue weighted by molar-refractivity contribution is -0.121. The Labute approximate surface area is 93.2 Å². The number of hydrogen-bond acceptors (Lipinski definition) is 2. The van der Waals surface area contributed by atoms with Gasteiger partial charge < -0.3 is 5.32 Å². The van der Waals surface area contributed by atoms with Crippen molar-refractivity contribution in [3.8, 4) is 0 Å². The third-order valence-electron chi connectivity index (χ3n) is 3.28. The van der Waals surface area contributed by atoms with Crippen LogP contribution in [0.2, 0.25) is 0 Å². The van der Waals surface area contributed by atoms with Crippen molar-refractivity contribution in [1.82, 2.24) is 5.32 Å². The number of rotatable bonds is 3. The third-order valence-corrected chi connectivity index (χ3v) is 3.28. The van der Waals surface area contributed by atoms with Crippen LogP contribution in [-0.2, 0) is 4.79 Å². The van der Waals surface area contributed by atoms with Crippen LogP contribution in [0.1, 0.15) is 39.5 Å². The molecule has 0 bridgehead atoms. The molecule has 0 unspecified atom stereocenters. The molecule has 3 heteroatoms. The van der Waals surface area contributed by atoms with E-state index in [-0.39, 0.29) is 12.4 Å². The molecule has 1 aliphatic carbocycles. The normalized spacial score (nSPS) is 19.2. The van der Waals surface area contributed by atoms with E-state index in [9.17, 15) is 4.79 Å². The van der Waals surface area contributed by atoms with E-state index in [1.54, 1.807) is 0 Å². The molecule has 2 nitrogen and oxygen atoms in total. The Morgan fingerprint density at radius 3 is 2.29 bits per heavy atom. The van der Waals surface area contributed by atoms with Crippen molar-refractivity contribution < 1.29 is 4.79 Å². The summed E-state index contributed by atoms with van der Waals surface area (Å²) >= 11 is 0. The van der Waals surface area contributed by atoms with Gasteiger partial charge in [-0.1, -0.05) is 13.8 Å². The van der Waals surface area contributed by atoms with Gasteiger partial charge in [0.05, 0.1) is 0 Å². The van der Waals surface area contributed by atoms with Gasteiger partial charge in [-0.15, -0.1) is 12.4 Å². The van der Waals surface area contributed by atoms with E-state index < -0.39 is 0 Å². The maximum Gasteiger partial charge on any atom is 0.132 e. The standard InChI is InChI=1S/C11H21NO.ClH/c1-11(2,8-12-3)9-4-6-10(13)7-5-9;/h9,12H,4-8H2,1-3H3;1H. The van der Waals surface area contributed by atoms with Crippen molar-refractivity contribution in [3.05, 3.63) is 0 Å². The van der Waals surface area contributed by atoms with Crippen molar-refractivity contribution in [2.45, 2.75) is 39.5 Å². The molecule has 0 amide bonds. The summed E-state index contributed by atoms with van der Waals surface area (Å²) in [7, 11) is 2.00. The van der Waals surface area contributed by atoms with Gasteiger partial charge in [0.2, 0.25) is 0 Å². The number of carbonyl (C=O) groups excluding carboxylic acids is 1. The lowest BCUT2D eigenvalue weighted by atomic mass is 9.71. The minimum atomic E-state index is 0. The first-order chi connectivity index (χ1) is 6.06. The van der Waals surface area contributed by atoms with Crippen LogP contribution in [0, 0.1) is 11.3 Å². The Bertz CT molecular complexity index is 182. The highest BCUT2D eigenvalue weighted by Crippen LogP contribution is 2.36. The van der Waals surface area contributed by atoms with E-state index in [0.717, 1.165) is 38.1 Å². The van der Waals surface area contributed by atoms with E-state index in [1.165, 1.54) is 0 Å². The average Bonchev–Trinajstić information content (AvgIpc) is 2.05. The lowest BCUT2D eigenvalue weighted by Gasteiger charge is -2.36. The van der Waals surface area contributed by atoms with Gasteiger partial charge in [-0.2, -0.15) is 0 Å². The number of halogens is 1. The van der Waals surface area contributed by atoms with E-state index in [4.69, 9.17) is 0 Å². The summed E-state index contributed by atoms with van der Waals surface area (Å²) in [5, 5.41) is 3.23. The zero-order valence-electron chi connectivity index (χ0n) is 9.43. The average molecular weight is 220 g/mol. The molecule has 0 aromatic heterocycles. The highest BCUT2D eigenvalue weighted by atomic mass is 35.5. The minimum absolute atomic E-state index is 0. The summed E-state index contributed by atoms with van der Waals surface area (Å²) in [5.74, 6) is 1.18. The van der Waals surface area contributed by atoms with Crippen LogP contribution < -0.4 is 5.32 Å². The second kappa shape index (κ2) is 5.72. The molecule has 0 aromatic rings. The van der Waals surface area contributed by atoms with Crippen molar-refractivity contribution in [1.29, 1.82) is 0 Å². The molecule has 14 heavy (non-hydrogen) atoms. The molecule has 0 saturated heterocycles. The molecular formula is C11H22ClNO. The zero-order valence-corrected chi connectivity index (χ0v) is 10.2. The van der Waals surface area contributed by atoms with Crippen molar-refractivity contribution >= 4 is 18.2 Å². The molecule has 0 heterocycles. The number of Topliss-reactive ketones (excluding diaryl/α,β-unsaturated/α-hetero) is 1. The van der Waals surface area contributed by atoms with Gasteiger partial charge in [0.15, 0.2) is 0 Å². The second-order valence-corrected chi connectivity index (χ2v) is 4.83. The third kappa shape index (κ3) is 3.58. The first-order valence-electron chi connectivity index (χ1n) is 5.22. The Morgan fingerprint density at radius 2 is 1.86 bits per heavy atom. The van der Waals surface area contributed by atoms with Gasteiger partial charge in [0.25, 0.3) is 0 Å². The Hall–Kier alpha value is -0.0800. The fourth-order valence-corrected chi connectivity index (χ4v) is 2.32. The first kappa shape index (κ1) is 13.9. The highest BCUT2D eigenvalue weighted by Gasteiger charge is 2.31. The highest BCUT2D eigenvalue weighted by molar-refractivity contribution is 5.85.